The van der Waals surface area contributed by atoms with Crippen molar-refractivity contribution in [1.82, 2.24) is 9.97 Å². The van der Waals surface area contributed by atoms with Gasteiger partial charge >= 0.3 is 0 Å². The molecular formula is C9H8ClN3O2S2. The van der Waals surface area contributed by atoms with Gasteiger partial charge in [-0.15, -0.1) is 11.3 Å². The second kappa shape index (κ2) is 4.59. The first kappa shape index (κ1) is 12.3. The zero-order valence-corrected chi connectivity index (χ0v) is 11.1. The minimum atomic E-state index is -3.62. The van der Waals surface area contributed by atoms with Gasteiger partial charge in [0, 0.05) is 11.1 Å². The summed E-state index contributed by atoms with van der Waals surface area (Å²) in [4.78, 5) is 8.45. The molecule has 0 atom stereocenters. The molecule has 0 bridgehead atoms. The highest BCUT2D eigenvalue weighted by molar-refractivity contribution is 7.94. The topological polar surface area (TPSA) is 72.0 Å². The Balaban J connectivity index is 2.29. The number of anilines is 1. The predicted octanol–water partition coefficient (Wildman–Crippen LogP) is 2.30. The molecule has 0 aliphatic carbocycles. The molecule has 2 aromatic rings. The molecule has 2 aromatic heterocycles. The molecule has 2 rings (SSSR count). The highest BCUT2D eigenvalue weighted by Gasteiger charge is 2.17. The third-order valence-corrected chi connectivity index (χ3v) is 4.86. The van der Waals surface area contributed by atoms with Crippen LogP contribution in [0.5, 0.6) is 0 Å². The number of hydrogen-bond acceptors (Lipinski definition) is 5. The van der Waals surface area contributed by atoms with E-state index >= 15 is 0 Å². The van der Waals surface area contributed by atoms with E-state index in [1.54, 1.807) is 6.07 Å². The summed E-state index contributed by atoms with van der Waals surface area (Å²) in [6.07, 6.45) is 1.38. The van der Waals surface area contributed by atoms with Crippen molar-refractivity contribution in [3.05, 3.63) is 34.4 Å². The average molecular weight is 290 g/mol. The van der Waals surface area contributed by atoms with Crippen LogP contribution in [0, 0.1) is 6.92 Å². The quantitative estimate of drug-likeness (QED) is 0.880. The summed E-state index contributed by atoms with van der Waals surface area (Å²) < 4.78 is 26.3. The number of hydrogen-bond donors (Lipinski definition) is 1. The van der Waals surface area contributed by atoms with E-state index in [1.807, 2.05) is 6.92 Å². The van der Waals surface area contributed by atoms with Crippen molar-refractivity contribution in [2.24, 2.45) is 0 Å². The lowest BCUT2D eigenvalue weighted by Crippen LogP contribution is -2.13. The summed E-state index contributed by atoms with van der Waals surface area (Å²) in [7, 11) is -3.62. The Bertz CT molecular complexity index is 639. The number of nitrogens with one attached hydrogen (secondary N) is 1. The van der Waals surface area contributed by atoms with Crippen molar-refractivity contribution >= 4 is 38.9 Å². The van der Waals surface area contributed by atoms with Crippen molar-refractivity contribution in [2.75, 3.05) is 4.72 Å². The van der Waals surface area contributed by atoms with E-state index in [0.29, 0.717) is 0 Å². The van der Waals surface area contributed by atoms with Gasteiger partial charge in [0.25, 0.3) is 10.0 Å². The first-order valence-corrected chi connectivity index (χ1v) is 7.23. The van der Waals surface area contributed by atoms with E-state index in [4.69, 9.17) is 11.6 Å². The van der Waals surface area contributed by atoms with Crippen molar-refractivity contribution in [1.29, 1.82) is 0 Å². The van der Waals surface area contributed by atoms with Gasteiger partial charge in [-0.25, -0.2) is 23.1 Å². The maximum Gasteiger partial charge on any atom is 0.273 e. The fourth-order valence-corrected chi connectivity index (χ4v) is 3.48. The number of thiophene rings is 1. The molecule has 17 heavy (non-hydrogen) atoms. The molecular weight excluding hydrogens is 282 g/mol. The Morgan fingerprint density at radius 2 is 2.12 bits per heavy atom. The van der Waals surface area contributed by atoms with Gasteiger partial charge in [0.15, 0.2) is 0 Å². The minimum Gasteiger partial charge on any atom is -0.246 e. The van der Waals surface area contributed by atoms with E-state index in [2.05, 4.69) is 14.7 Å². The van der Waals surface area contributed by atoms with Crippen molar-refractivity contribution in [2.45, 2.75) is 11.1 Å². The first-order valence-electron chi connectivity index (χ1n) is 4.55. The highest BCUT2D eigenvalue weighted by Crippen LogP contribution is 2.22. The van der Waals surface area contributed by atoms with Crippen LogP contribution in [0.15, 0.2) is 28.6 Å². The molecule has 8 heteroatoms. The zero-order valence-electron chi connectivity index (χ0n) is 8.71. The lowest BCUT2D eigenvalue weighted by atomic mass is 10.5. The Morgan fingerprint density at radius 1 is 1.35 bits per heavy atom. The van der Waals surface area contributed by atoms with Crippen LogP contribution in [0.3, 0.4) is 0 Å². The molecule has 0 radical (unpaired) electrons. The predicted molar refractivity (Wildman–Crippen MR) is 66.9 cm³/mol. The fraction of sp³-hybridized carbons (Fsp3) is 0.111. The number of sulfonamides is 1. The standard InChI is InChI=1S/C9H8ClN3O2S2/c1-6-2-3-8(16-6)17(14,15)13-9-11-5-4-7(10)12-9/h2-5H,1H3,(H,11,12,13). The summed E-state index contributed by atoms with van der Waals surface area (Å²) in [6, 6.07) is 4.74. The van der Waals surface area contributed by atoms with Gasteiger partial charge in [-0.05, 0) is 25.1 Å². The van der Waals surface area contributed by atoms with Gasteiger partial charge in [0.05, 0.1) is 0 Å². The Morgan fingerprint density at radius 3 is 2.71 bits per heavy atom. The molecule has 0 saturated carbocycles. The third-order valence-electron chi connectivity index (χ3n) is 1.83. The van der Waals surface area contributed by atoms with Crippen LogP contribution < -0.4 is 4.72 Å². The molecule has 0 spiro atoms. The summed E-state index contributed by atoms with van der Waals surface area (Å²) in [5.41, 5.74) is 0. The summed E-state index contributed by atoms with van der Waals surface area (Å²) >= 11 is 6.82. The molecule has 5 nitrogen and oxygen atoms in total. The minimum absolute atomic E-state index is 0.0384. The van der Waals surface area contributed by atoms with Crippen LogP contribution in [0.2, 0.25) is 5.15 Å². The van der Waals surface area contributed by atoms with E-state index in [9.17, 15) is 8.42 Å². The van der Waals surface area contributed by atoms with Gasteiger partial charge in [-0.2, -0.15) is 0 Å². The van der Waals surface area contributed by atoms with E-state index < -0.39 is 10.0 Å². The van der Waals surface area contributed by atoms with Crippen LogP contribution in [-0.4, -0.2) is 18.4 Å². The van der Waals surface area contributed by atoms with Crippen LogP contribution in [0.1, 0.15) is 4.88 Å². The first-order chi connectivity index (χ1) is 7.97. The molecule has 0 aromatic carbocycles. The number of halogens is 1. The van der Waals surface area contributed by atoms with Gasteiger partial charge in [0.2, 0.25) is 5.95 Å². The average Bonchev–Trinajstić information content (AvgIpc) is 2.65. The molecule has 90 valence electrons. The Kier molecular flexibility index (Phi) is 3.32. The smallest absolute Gasteiger partial charge is 0.246 e. The number of rotatable bonds is 3. The number of nitrogens with zero attached hydrogens (tertiary/aromatic N) is 2. The molecule has 0 unspecified atom stereocenters. The molecule has 2 heterocycles. The van der Waals surface area contributed by atoms with Crippen LogP contribution in [0.4, 0.5) is 5.95 Å². The molecule has 0 amide bonds. The van der Waals surface area contributed by atoms with E-state index in [-0.39, 0.29) is 15.3 Å². The van der Waals surface area contributed by atoms with Crippen LogP contribution >= 0.6 is 22.9 Å². The van der Waals surface area contributed by atoms with Gasteiger partial charge < -0.3 is 0 Å². The van der Waals surface area contributed by atoms with Crippen molar-refractivity contribution < 1.29 is 8.42 Å². The normalized spacial score (nSPS) is 11.4. The molecule has 0 aliphatic heterocycles. The number of aryl methyl sites for hydroxylation is 1. The maximum atomic E-state index is 11.9. The molecule has 0 aliphatic rings. The third kappa shape index (κ3) is 2.93. The van der Waals surface area contributed by atoms with E-state index in [0.717, 1.165) is 4.88 Å². The largest absolute Gasteiger partial charge is 0.273 e. The number of aromatic nitrogens is 2. The van der Waals surface area contributed by atoms with Gasteiger partial charge in [0.1, 0.15) is 9.36 Å². The van der Waals surface area contributed by atoms with Crippen LogP contribution in [0.25, 0.3) is 0 Å². The molecule has 0 saturated heterocycles. The highest BCUT2D eigenvalue weighted by atomic mass is 35.5. The fourth-order valence-electron chi connectivity index (χ4n) is 1.11. The monoisotopic (exact) mass is 289 g/mol. The van der Waals surface area contributed by atoms with Crippen LogP contribution in [-0.2, 0) is 10.0 Å². The second-order valence-electron chi connectivity index (χ2n) is 3.17. The summed E-state index contributed by atoms with van der Waals surface area (Å²) in [5.74, 6) is -0.0384. The summed E-state index contributed by atoms with van der Waals surface area (Å²) in [5, 5.41) is 0.181. The van der Waals surface area contributed by atoms with Crippen molar-refractivity contribution in [3.8, 4) is 0 Å². The Labute approximate surface area is 108 Å². The second-order valence-corrected chi connectivity index (χ2v) is 6.76. The molecule has 0 fully saturated rings. The lowest BCUT2D eigenvalue weighted by Gasteiger charge is -2.03. The molecule has 1 N–H and O–H groups in total. The van der Waals surface area contributed by atoms with E-state index in [1.165, 1.54) is 29.7 Å². The van der Waals surface area contributed by atoms with Gasteiger partial charge in [-0.3, -0.25) is 0 Å². The van der Waals surface area contributed by atoms with Crippen molar-refractivity contribution in [3.63, 3.8) is 0 Å². The zero-order chi connectivity index (χ0) is 12.5. The SMILES string of the molecule is Cc1ccc(S(=O)(=O)Nc2nccc(Cl)n2)s1. The Hall–Kier alpha value is -1.18. The summed E-state index contributed by atoms with van der Waals surface area (Å²) in [6.45, 7) is 1.83. The lowest BCUT2D eigenvalue weighted by molar-refractivity contribution is 0.602. The maximum absolute atomic E-state index is 11.9. The van der Waals surface area contributed by atoms with Gasteiger partial charge in [-0.1, -0.05) is 11.6 Å².